The van der Waals surface area contributed by atoms with Crippen LogP contribution in [0.25, 0.3) is 10.9 Å². The van der Waals surface area contributed by atoms with Crippen LogP contribution in [0, 0.1) is 17.7 Å². The summed E-state index contributed by atoms with van der Waals surface area (Å²) in [6.07, 6.45) is 8.22. The average molecular weight is 507 g/mol. The van der Waals surface area contributed by atoms with Gasteiger partial charge in [-0.25, -0.2) is 18.8 Å². The molecular weight excluding hydrogens is 475 g/mol. The highest BCUT2D eigenvalue weighted by Crippen LogP contribution is 2.29. The normalized spacial score (nSPS) is 19.2. The molecular formula is C28H31FN4O4. The molecule has 4 rings (SSSR count). The van der Waals surface area contributed by atoms with Crippen LogP contribution in [0.3, 0.4) is 0 Å². The number of carbonyl (C=O) groups excluding carboxylic acids is 4. The van der Waals surface area contributed by atoms with Gasteiger partial charge in [-0.1, -0.05) is 38.2 Å². The van der Waals surface area contributed by atoms with E-state index >= 15 is 0 Å². The summed E-state index contributed by atoms with van der Waals surface area (Å²) in [6, 6.07) is 4.75. The standard InChI is InChI=1S/C28H31FN4O4/c29-22-7-4-8-23-21(22)15-25(32-23)28(37)33-24(13-18-5-2-1-3-6-18)27(17-36)31-20(10-12-34)14-19-9-11-30-26(19)16-35/h4,7-8,10,15,18-20,24,30-32H,1-3,5-6,9,11,13-14H2,(H,33,37)/t19-,20?,24?/m0/s1. The van der Waals surface area contributed by atoms with Gasteiger partial charge in [0.1, 0.15) is 35.0 Å². The van der Waals surface area contributed by atoms with Gasteiger partial charge in [-0.3, -0.25) is 4.79 Å². The maximum atomic E-state index is 14.2. The lowest BCUT2D eigenvalue weighted by atomic mass is 9.84. The first-order valence-electron chi connectivity index (χ1n) is 12.8. The number of hydrogen-bond donors (Lipinski definition) is 4. The van der Waals surface area contributed by atoms with Gasteiger partial charge >= 0.3 is 0 Å². The van der Waals surface area contributed by atoms with E-state index in [-0.39, 0.29) is 17.3 Å². The van der Waals surface area contributed by atoms with Crippen molar-refractivity contribution in [2.24, 2.45) is 11.8 Å². The first-order valence-corrected chi connectivity index (χ1v) is 12.8. The maximum absolute atomic E-state index is 14.2. The summed E-state index contributed by atoms with van der Waals surface area (Å²) in [4.78, 5) is 50.8. The second-order valence-corrected chi connectivity index (χ2v) is 9.86. The highest BCUT2D eigenvalue weighted by atomic mass is 19.1. The Labute approximate surface area is 214 Å². The molecule has 0 spiro atoms. The van der Waals surface area contributed by atoms with Crippen molar-refractivity contribution in [3.05, 3.63) is 53.2 Å². The number of H-pyrrole nitrogens is 1. The smallest absolute Gasteiger partial charge is 0.268 e. The molecule has 9 heteroatoms. The number of rotatable bonds is 10. The maximum Gasteiger partial charge on any atom is 0.268 e. The third-order valence-electron chi connectivity index (χ3n) is 7.39. The summed E-state index contributed by atoms with van der Waals surface area (Å²) in [6.45, 7) is 0.634. The Morgan fingerprint density at radius 1 is 1.11 bits per heavy atom. The number of benzene rings is 1. The number of nitrogens with one attached hydrogen (secondary N) is 4. The lowest BCUT2D eigenvalue weighted by molar-refractivity contribution is 0.0930. The van der Waals surface area contributed by atoms with Crippen molar-refractivity contribution in [3.8, 4) is 0 Å². The van der Waals surface area contributed by atoms with Gasteiger partial charge in [0.25, 0.3) is 5.91 Å². The molecule has 3 atom stereocenters. The van der Waals surface area contributed by atoms with E-state index in [0.29, 0.717) is 48.3 Å². The Hall–Kier alpha value is -3.89. The molecule has 1 aromatic heterocycles. The van der Waals surface area contributed by atoms with Crippen LogP contribution in [0.4, 0.5) is 4.39 Å². The highest BCUT2D eigenvalue weighted by Gasteiger charge is 2.29. The zero-order valence-electron chi connectivity index (χ0n) is 20.6. The molecule has 2 aliphatic rings. The molecule has 2 aromatic rings. The van der Waals surface area contributed by atoms with Gasteiger partial charge in [-0.05, 0) is 43.4 Å². The molecule has 0 radical (unpaired) electrons. The third-order valence-corrected chi connectivity index (χ3v) is 7.39. The van der Waals surface area contributed by atoms with Gasteiger partial charge in [0.2, 0.25) is 0 Å². The molecule has 1 aliphatic heterocycles. The fraction of sp³-hybridized carbons (Fsp3) is 0.464. The van der Waals surface area contributed by atoms with Crippen molar-refractivity contribution >= 4 is 34.6 Å². The molecule has 2 fully saturated rings. The summed E-state index contributed by atoms with van der Waals surface area (Å²) >= 11 is 0. The van der Waals surface area contributed by atoms with Gasteiger partial charge in [-0.2, -0.15) is 0 Å². The second-order valence-electron chi connectivity index (χ2n) is 9.86. The third kappa shape index (κ3) is 6.46. The summed E-state index contributed by atoms with van der Waals surface area (Å²) in [5.41, 5.74) is 1.25. The van der Waals surface area contributed by atoms with Crippen LogP contribution in [0.2, 0.25) is 0 Å². The number of allylic oxidation sites excluding steroid dienone is 1. The average Bonchev–Trinajstić information content (AvgIpc) is 3.55. The zero-order chi connectivity index (χ0) is 26.2. The SMILES string of the molecule is O=C=CC(C[C@@H]1CCNC1=C=O)NC(=C=O)C(CC1CCCCC1)NC(=O)c1cc2c(F)cccc2[nH]1. The van der Waals surface area contributed by atoms with Crippen molar-refractivity contribution in [2.45, 2.75) is 63.5 Å². The molecule has 8 nitrogen and oxygen atoms in total. The van der Waals surface area contributed by atoms with E-state index in [1.54, 1.807) is 18.1 Å². The van der Waals surface area contributed by atoms with Crippen LogP contribution in [-0.4, -0.2) is 47.3 Å². The number of carbonyl (C=O) groups is 1. The van der Waals surface area contributed by atoms with E-state index in [2.05, 4.69) is 20.9 Å². The van der Waals surface area contributed by atoms with Crippen molar-refractivity contribution < 1.29 is 23.6 Å². The number of hydrogen-bond acceptors (Lipinski definition) is 6. The van der Waals surface area contributed by atoms with Gasteiger partial charge < -0.3 is 20.9 Å². The van der Waals surface area contributed by atoms with E-state index in [1.165, 1.54) is 18.2 Å². The zero-order valence-corrected chi connectivity index (χ0v) is 20.6. The molecule has 37 heavy (non-hydrogen) atoms. The fourth-order valence-electron chi connectivity index (χ4n) is 5.46. The molecule has 1 saturated heterocycles. The lowest BCUT2D eigenvalue weighted by Crippen LogP contribution is -2.44. The van der Waals surface area contributed by atoms with Crippen molar-refractivity contribution in [1.82, 2.24) is 20.9 Å². The van der Waals surface area contributed by atoms with Gasteiger partial charge in [0.15, 0.2) is 0 Å². The van der Waals surface area contributed by atoms with Crippen LogP contribution < -0.4 is 16.0 Å². The quantitative estimate of drug-likeness (QED) is 0.368. The first-order chi connectivity index (χ1) is 18.0. The van der Waals surface area contributed by atoms with Crippen molar-refractivity contribution in [1.29, 1.82) is 0 Å². The Morgan fingerprint density at radius 2 is 1.92 bits per heavy atom. The van der Waals surface area contributed by atoms with Crippen LogP contribution in [0.5, 0.6) is 0 Å². The van der Waals surface area contributed by atoms with Crippen LogP contribution in [-0.2, 0) is 14.4 Å². The van der Waals surface area contributed by atoms with E-state index in [9.17, 15) is 23.6 Å². The molecule has 1 saturated carbocycles. The summed E-state index contributed by atoms with van der Waals surface area (Å²) < 4.78 is 14.2. The summed E-state index contributed by atoms with van der Waals surface area (Å²) in [5, 5.41) is 9.30. The number of aromatic amines is 1. The topological polar surface area (TPSA) is 120 Å². The highest BCUT2D eigenvalue weighted by molar-refractivity contribution is 5.98. The van der Waals surface area contributed by atoms with E-state index in [1.807, 2.05) is 11.9 Å². The second kappa shape index (κ2) is 12.4. The Morgan fingerprint density at radius 3 is 2.62 bits per heavy atom. The molecule has 2 heterocycles. The molecule has 0 bridgehead atoms. The van der Waals surface area contributed by atoms with Gasteiger partial charge in [0.05, 0.1) is 17.8 Å². The Kier molecular flexibility index (Phi) is 8.76. The molecule has 4 N–H and O–H groups in total. The van der Waals surface area contributed by atoms with E-state index in [4.69, 9.17) is 0 Å². The molecule has 1 aliphatic carbocycles. The molecule has 1 aromatic carbocycles. The van der Waals surface area contributed by atoms with Crippen molar-refractivity contribution in [2.75, 3.05) is 6.54 Å². The Bertz CT molecular complexity index is 1280. The number of halogens is 1. The largest absolute Gasteiger partial charge is 0.379 e. The Balaban J connectivity index is 1.55. The first kappa shape index (κ1) is 26.2. The van der Waals surface area contributed by atoms with E-state index in [0.717, 1.165) is 32.1 Å². The predicted molar refractivity (Wildman–Crippen MR) is 137 cm³/mol. The van der Waals surface area contributed by atoms with E-state index < -0.39 is 23.8 Å². The fourth-order valence-corrected chi connectivity index (χ4v) is 5.46. The minimum absolute atomic E-state index is 0.125. The van der Waals surface area contributed by atoms with Crippen LogP contribution in [0.1, 0.15) is 61.9 Å². The number of aromatic nitrogens is 1. The molecule has 194 valence electrons. The lowest BCUT2D eigenvalue weighted by Gasteiger charge is -2.29. The summed E-state index contributed by atoms with van der Waals surface area (Å²) in [5.74, 6) is 4.89. The molecule has 2 unspecified atom stereocenters. The van der Waals surface area contributed by atoms with Gasteiger partial charge in [0, 0.05) is 29.4 Å². The summed E-state index contributed by atoms with van der Waals surface area (Å²) in [7, 11) is 0. The van der Waals surface area contributed by atoms with Gasteiger partial charge in [-0.15, -0.1) is 0 Å². The minimum atomic E-state index is -0.685. The molecule has 1 amide bonds. The van der Waals surface area contributed by atoms with Crippen molar-refractivity contribution in [3.63, 3.8) is 0 Å². The number of amides is 1. The number of fused-ring (bicyclic) bond motifs is 1. The predicted octanol–water partition coefficient (Wildman–Crippen LogP) is 3.15. The monoisotopic (exact) mass is 506 g/mol. The van der Waals surface area contributed by atoms with Crippen LogP contribution >= 0.6 is 0 Å². The minimum Gasteiger partial charge on any atom is -0.379 e. The van der Waals surface area contributed by atoms with Crippen LogP contribution in [0.15, 0.2) is 41.7 Å².